The second-order valence-electron chi connectivity index (χ2n) is 6.69. The van der Waals surface area contributed by atoms with Crippen LogP contribution in [0.1, 0.15) is 90.7 Å². The Labute approximate surface area is 126 Å². The Balaban J connectivity index is 2.57. The van der Waals surface area contributed by atoms with E-state index < -0.39 is 0 Å². The molecule has 0 aliphatic rings. The van der Waals surface area contributed by atoms with Gasteiger partial charge in [-0.1, -0.05) is 72.1 Å². The zero-order chi connectivity index (χ0) is 14.8. The van der Waals surface area contributed by atoms with E-state index in [2.05, 4.69) is 50.7 Å². The van der Waals surface area contributed by atoms with Gasteiger partial charge in [0.05, 0.1) is 0 Å². The number of rotatable bonds is 11. The maximum atomic E-state index is 2.48. The van der Waals surface area contributed by atoms with Crippen molar-refractivity contribution < 1.29 is 0 Å². The standard InChI is InChI=1S/C19H35N/c1-5-7-9-10-12-16-19(3,15-11-8-6-2)18-14-13-17-20(18)4/h13-14,17H,5-12,15-16H2,1-4H3. The lowest BCUT2D eigenvalue weighted by atomic mass is 9.77. The zero-order valence-electron chi connectivity index (χ0n) is 14.3. The van der Waals surface area contributed by atoms with Crippen LogP contribution in [-0.2, 0) is 12.5 Å². The minimum Gasteiger partial charge on any atom is -0.354 e. The Morgan fingerprint density at radius 2 is 1.45 bits per heavy atom. The van der Waals surface area contributed by atoms with Gasteiger partial charge in [0.2, 0.25) is 0 Å². The highest BCUT2D eigenvalue weighted by atomic mass is 14.9. The Morgan fingerprint density at radius 1 is 0.900 bits per heavy atom. The normalized spacial score (nSPS) is 14.4. The highest BCUT2D eigenvalue weighted by molar-refractivity contribution is 5.18. The summed E-state index contributed by atoms with van der Waals surface area (Å²) in [6, 6.07) is 4.53. The first-order chi connectivity index (χ1) is 9.64. The van der Waals surface area contributed by atoms with Gasteiger partial charge in [0.15, 0.2) is 0 Å². The molecule has 116 valence electrons. The van der Waals surface area contributed by atoms with E-state index in [9.17, 15) is 0 Å². The summed E-state index contributed by atoms with van der Waals surface area (Å²) in [6.07, 6.45) is 15.9. The van der Waals surface area contributed by atoms with Crippen molar-refractivity contribution in [3.8, 4) is 0 Å². The Morgan fingerprint density at radius 3 is 2.00 bits per heavy atom. The van der Waals surface area contributed by atoms with Crippen LogP contribution >= 0.6 is 0 Å². The Hall–Kier alpha value is -0.720. The minimum atomic E-state index is 0.375. The highest BCUT2D eigenvalue weighted by Gasteiger charge is 2.27. The molecule has 1 nitrogen and oxygen atoms in total. The molecular formula is C19H35N. The van der Waals surface area contributed by atoms with Crippen LogP contribution in [0.15, 0.2) is 18.3 Å². The molecule has 1 aromatic rings. The van der Waals surface area contributed by atoms with E-state index in [4.69, 9.17) is 0 Å². The van der Waals surface area contributed by atoms with E-state index in [1.54, 1.807) is 0 Å². The van der Waals surface area contributed by atoms with Crippen LogP contribution in [0.4, 0.5) is 0 Å². The highest BCUT2D eigenvalue weighted by Crippen LogP contribution is 2.35. The smallest absolute Gasteiger partial charge is 0.0231 e. The second kappa shape index (κ2) is 9.26. The molecule has 1 aromatic heterocycles. The molecule has 0 aliphatic carbocycles. The molecule has 0 spiro atoms. The summed E-state index contributed by atoms with van der Waals surface area (Å²) in [5.74, 6) is 0. The van der Waals surface area contributed by atoms with Gasteiger partial charge in [-0.2, -0.15) is 0 Å². The van der Waals surface area contributed by atoms with E-state index in [1.165, 1.54) is 69.9 Å². The van der Waals surface area contributed by atoms with Crippen LogP contribution in [0.2, 0.25) is 0 Å². The molecule has 0 saturated carbocycles. The van der Waals surface area contributed by atoms with Crippen molar-refractivity contribution in [2.75, 3.05) is 0 Å². The first-order valence-electron chi connectivity index (χ1n) is 8.76. The van der Waals surface area contributed by atoms with E-state index in [1.807, 2.05) is 0 Å². The van der Waals surface area contributed by atoms with Crippen molar-refractivity contribution in [2.45, 2.75) is 90.4 Å². The summed E-state index contributed by atoms with van der Waals surface area (Å²) in [6.45, 7) is 7.07. The fourth-order valence-electron chi connectivity index (χ4n) is 3.35. The number of aromatic nitrogens is 1. The lowest BCUT2D eigenvalue weighted by Crippen LogP contribution is -2.25. The molecule has 0 bridgehead atoms. The molecule has 1 heteroatoms. The third-order valence-electron chi connectivity index (χ3n) is 4.73. The van der Waals surface area contributed by atoms with Gasteiger partial charge in [0.1, 0.15) is 0 Å². The van der Waals surface area contributed by atoms with Gasteiger partial charge in [0, 0.05) is 24.4 Å². The summed E-state index contributed by atoms with van der Waals surface area (Å²) < 4.78 is 2.33. The predicted octanol–water partition coefficient (Wildman–Crippen LogP) is 6.22. The average molecular weight is 277 g/mol. The van der Waals surface area contributed by atoms with Crippen molar-refractivity contribution in [1.82, 2.24) is 4.57 Å². The summed E-state index contributed by atoms with van der Waals surface area (Å²) in [5, 5.41) is 0. The maximum absolute atomic E-state index is 2.48. The molecule has 0 aromatic carbocycles. The van der Waals surface area contributed by atoms with Crippen LogP contribution < -0.4 is 0 Å². The third-order valence-corrected chi connectivity index (χ3v) is 4.73. The van der Waals surface area contributed by atoms with Crippen LogP contribution in [0, 0.1) is 0 Å². The lowest BCUT2D eigenvalue weighted by Gasteiger charge is -2.31. The summed E-state index contributed by atoms with van der Waals surface area (Å²) in [5.41, 5.74) is 1.91. The van der Waals surface area contributed by atoms with E-state index in [0.29, 0.717) is 5.41 Å². The van der Waals surface area contributed by atoms with Crippen LogP contribution in [0.25, 0.3) is 0 Å². The largest absolute Gasteiger partial charge is 0.354 e. The van der Waals surface area contributed by atoms with Gasteiger partial charge < -0.3 is 4.57 Å². The van der Waals surface area contributed by atoms with Gasteiger partial charge in [-0.05, 0) is 25.0 Å². The molecule has 20 heavy (non-hydrogen) atoms. The lowest BCUT2D eigenvalue weighted by molar-refractivity contribution is 0.348. The van der Waals surface area contributed by atoms with Gasteiger partial charge in [0.25, 0.3) is 0 Å². The first-order valence-corrected chi connectivity index (χ1v) is 8.76. The van der Waals surface area contributed by atoms with Crippen molar-refractivity contribution >= 4 is 0 Å². The van der Waals surface area contributed by atoms with Crippen molar-refractivity contribution in [2.24, 2.45) is 7.05 Å². The first kappa shape index (κ1) is 17.3. The molecular weight excluding hydrogens is 242 g/mol. The predicted molar refractivity (Wildman–Crippen MR) is 90.3 cm³/mol. The summed E-state index contributed by atoms with van der Waals surface area (Å²) in [7, 11) is 2.20. The molecule has 1 atom stereocenters. The molecule has 0 saturated heterocycles. The fraction of sp³-hybridized carbons (Fsp3) is 0.789. The number of hydrogen-bond donors (Lipinski definition) is 0. The van der Waals surface area contributed by atoms with E-state index in [-0.39, 0.29) is 0 Å². The Kier molecular flexibility index (Phi) is 8.02. The van der Waals surface area contributed by atoms with Crippen molar-refractivity contribution in [1.29, 1.82) is 0 Å². The topological polar surface area (TPSA) is 4.93 Å². The second-order valence-corrected chi connectivity index (χ2v) is 6.69. The molecule has 1 unspecified atom stereocenters. The SMILES string of the molecule is CCCCCCCC(C)(CCCCC)c1cccn1C. The van der Waals surface area contributed by atoms with Gasteiger partial charge in [-0.3, -0.25) is 0 Å². The van der Waals surface area contributed by atoms with Crippen molar-refractivity contribution in [3.63, 3.8) is 0 Å². The summed E-state index contributed by atoms with van der Waals surface area (Å²) >= 11 is 0. The fourth-order valence-corrected chi connectivity index (χ4v) is 3.35. The number of unbranched alkanes of at least 4 members (excludes halogenated alkanes) is 6. The maximum Gasteiger partial charge on any atom is 0.0231 e. The minimum absolute atomic E-state index is 0.375. The quantitative estimate of drug-likeness (QED) is 0.423. The molecule has 1 heterocycles. The molecule has 0 amide bonds. The van der Waals surface area contributed by atoms with Crippen molar-refractivity contribution in [3.05, 3.63) is 24.0 Å². The molecule has 0 N–H and O–H groups in total. The monoisotopic (exact) mass is 277 g/mol. The van der Waals surface area contributed by atoms with E-state index in [0.717, 1.165) is 0 Å². The van der Waals surface area contributed by atoms with Crippen LogP contribution in [0.3, 0.4) is 0 Å². The summed E-state index contributed by atoms with van der Waals surface area (Å²) in [4.78, 5) is 0. The average Bonchev–Trinajstić information content (AvgIpc) is 2.86. The molecule has 0 radical (unpaired) electrons. The number of nitrogens with zero attached hydrogens (tertiary/aromatic N) is 1. The van der Waals surface area contributed by atoms with E-state index >= 15 is 0 Å². The Bertz CT molecular complexity index is 352. The van der Waals surface area contributed by atoms with Crippen LogP contribution in [0.5, 0.6) is 0 Å². The molecule has 0 aliphatic heterocycles. The number of aryl methyl sites for hydroxylation is 1. The third kappa shape index (κ3) is 5.34. The van der Waals surface area contributed by atoms with Gasteiger partial charge in [-0.15, -0.1) is 0 Å². The molecule has 1 rings (SSSR count). The molecule has 0 fully saturated rings. The van der Waals surface area contributed by atoms with Crippen LogP contribution in [-0.4, -0.2) is 4.57 Å². The van der Waals surface area contributed by atoms with Gasteiger partial charge in [-0.25, -0.2) is 0 Å². The zero-order valence-corrected chi connectivity index (χ0v) is 14.3. The number of hydrogen-bond acceptors (Lipinski definition) is 0. The van der Waals surface area contributed by atoms with Gasteiger partial charge >= 0.3 is 0 Å².